The quantitative estimate of drug-likeness (QED) is 0.292. The number of para-hydroxylation sites is 1. The number of fused-ring (bicyclic) bond motifs is 1. The number of nitrogens with one attached hydrogen (secondary N) is 1. The predicted octanol–water partition coefficient (Wildman–Crippen LogP) is 5.43. The molecule has 0 spiro atoms. The highest BCUT2D eigenvalue weighted by atomic mass is 79.9. The minimum atomic E-state index is -0.767. The van der Waals surface area contributed by atoms with Crippen molar-refractivity contribution in [2.24, 2.45) is 0 Å². The molecule has 0 atom stereocenters. The fourth-order valence-electron chi connectivity index (χ4n) is 4.17. The van der Waals surface area contributed by atoms with E-state index < -0.39 is 17.8 Å². The van der Waals surface area contributed by atoms with Crippen molar-refractivity contribution in [3.63, 3.8) is 0 Å². The maximum absolute atomic E-state index is 13.3. The third-order valence-corrected chi connectivity index (χ3v) is 6.27. The Bertz CT molecular complexity index is 1480. The summed E-state index contributed by atoms with van der Waals surface area (Å²) in [4.78, 5) is 39.4. The van der Waals surface area contributed by atoms with Crippen LogP contribution in [0.25, 0.3) is 17.0 Å². The van der Waals surface area contributed by atoms with Crippen molar-refractivity contribution >= 4 is 56.4 Å². The van der Waals surface area contributed by atoms with Crippen molar-refractivity contribution in [1.82, 2.24) is 9.88 Å². The highest BCUT2D eigenvalue weighted by Crippen LogP contribution is 2.28. The summed E-state index contributed by atoms with van der Waals surface area (Å²) in [6.45, 7) is 2.70. The molecule has 6 nitrogen and oxygen atoms in total. The Kier molecular flexibility index (Phi) is 5.63. The van der Waals surface area contributed by atoms with Crippen LogP contribution in [-0.2, 0) is 16.1 Å². The Balaban J connectivity index is 1.56. The number of carbonyl (C=O) groups excluding carboxylic acids is 3. The molecule has 34 heavy (non-hydrogen) atoms. The van der Waals surface area contributed by atoms with Crippen LogP contribution >= 0.6 is 15.9 Å². The molecule has 3 aromatic carbocycles. The Morgan fingerprint density at radius 2 is 1.71 bits per heavy atom. The second kappa shape index (κ2) is 8.76. The molecule has 0 saturated carbocycles. The van der Waals surface area contributed by atoms with Gasteiger partial charge in [-0.1, -0.05) is 64.0 Å². The van der Waals surface area contributed by atoms with Gasteiger partial charge in [0.1, 0.15) is 5.57 Å². The van der Waals surface area contributed by atoms with Crippen molar-refractivity contribution in [1.29, 1.82) is 0 Å². The van der Waals surface area contributed by atoms with Gasteiger partial charge < -0.3 is 4.57 Å². The molecular weight excluding hydrogens is 494 g/mol. The number of aromatic nitrogens is 1. The van der Waals surface area contributed by atoms with E-state index in [1.165, 1.54) is 5.56 Å². The number of hydrogen-bond acceptors (Lipinski definition) is 3. The molecule has 0 radical (unpaired) electrons. The van der Waals surface area contributed by atoms with Gasteiger partial charge in [0.05, 0.1) is 5.69 Å². The van der Waals surface area contributed by atoms with E-state index in [2.05, 4.69) is 50.9 Å². The van der Waals surface area contributed by atoms with E-state index in [9.17, 15) is 14.4 Å². The molecule has 1 N–H and O–H groups in total. The summed E-state index contributed by atoms with van der Waals surface area (Å²) in [6.07, 6.45) is 3.49. The van der Waals surface area contributed by atoms with Crippen molar-refractivity contribution in [2.75, 3.05) is 4.90 Å². The fourth-order valence-corrected chi connectivity index (χ4v) is 4.43. The van der Waals surface area contributed by atoms with Crippen LogP contribution in [0.5, 0.6) is 0 Å². The van der Waals surface area contributed by atoms with Gasteiger partial charge in [-0.3, -0.25) is 14.9 Å². The van der Waals surface area contributed by atoms with Crippen molar-refractivity contribution in [3.05, 3.63) is 106 Å². The van der Waals surface area contributed by atoms with Gasteiger partial charge in [0, 0.05) is 33.7 Å². The van der Waals surface area contributed by atoms with Crippen molar-refractivity contribution in [2.45, 2.75) is 13.5 Å². The highest BCUT2D eigenvalue weighted by Gasteiger charge is 2.37. The maximum Gasteiger partial charge on any atom is 0.335 e. The molecule has 4 aromatic rings. The maximum atomic E-state index is 13.3. The summed E-state index contributed by atoms with van der Waals surface area (Å²) in [6, 6.07) is 22.1. The van der Waals surface area contributed by atoms with Crippen LogP contribution in [-0.4, -0.2) is 22.4 Å². The first-order valence-corrected chi connectivity index (χ1v) is 11.5. The van der Waals surface area contributed by atoms with Crippen LogP contribution in [0.3, 0.4) is 0 Å². The third kappa shape index (κ3) is 4.06. The molecule has 4 amide bonds. The summed E-state index contributed by atoms with van der Waals surface area (Å²) in [5.41, 5.74) is 4.33. The molecule has 0 unspecified atom stereocenters. The van der Waals surface area contributed by atoms with Crippen LogP contribution in [0, 0.1) is 6.92 Å². The summed E-state index contributed by atoms with van der Waals surface area (Å²) >= 11 is 3.35. The number of halogens is 1. The first kappa shape index (κ1) is 21.9. The average molecular weight is 514 g/mol. The second-order valence-corrected chi connectivity index (χ2v) is 9.07. The Hall–Kier alpha value is -3.97. The molecule has 1 aliphatic heterocycles. The number of barbiturate groups is 1. The number of carbonyl (C=O) groups is 3. The molecule has 1 fully saturated rings. The summed E-state index contributed by atoms with van der Waals surface area (Å²) in [5.74, 6) is -1.37. The summed E-state index contributed by atoms with van der Waals surface area (Å²) in [7, 11) is 0. The molecule has 0 bridgehead atoms. The number of imide groups is 2. The molecule has 7 heteroatoms. The lowest BCUT2D eigenvalue weighted by Crippen LogP contribution is -2.54. The Labute approximate surface area is 204 Å². The molecular formula is C27H20BrN3O3. The zero-order valence-corrected chi connectivity index (χ0v) is 19.9. The lowest BCUT2D eigenvalue weighted by atomic mass is 10.1. The van der Waals surface area contributed by atoms with Crippen LogP contribution in [0.4, 0.5) is 10.5 Å². The Morgan fingerprint density at radius 3 is 2.47 bits per heavy atom. The number of nitrogens with zero attached hydrogens (tertiary/aromatic N) is 2. The minimum Gasteiger partial charge on any atom is -0.342 e. The number of hydrogen-bond donors (Lipinski definition) is 1. The van der Waals surface area contributed by atoms with Crippen LogP contribution in [0.15, 0.2) is 89.0 Å². The monoisotopic (exact) mass is 513 g/mol. The average Bonchev–Trinajstić information content (AvgIpc) is 3.15. The molecule has 5 rings (SSSR count). The van der Waals surface area contributed by atoms with Gasteiger partial charge in [0.15, 0.2) is 0 Å². The van der Waals surface area contributed by atoms with Crippen LogP contribution in [0.2, 0.25) is 0 Å². The van der Waals surface area contributed by atoms with E-state index in [1.807, 2.05) is 36.5 Å². The molecule has 1 aliphatic rings. The summed E-state index contributed by atoms with van der Waals surface area (Å²) < 4.78 is 2.91. The molecule has 168 valence electrons. The van der Waals surface area contributed by atoms with Gasteiger partial charge in [0.25, 0.3) is 11.8 Å². The van der Waals surface area contributed by atoms with E-state index in [4.69, 9.17) is 0 Å². The van der Waals surface area contributed by atoms with E-state index in [-0.39, 0.29) is 5.57 Å². The molecule has 1 aromatic heterocycles. The minimum absolute atomic E-state index is 0.0963. The van der Waals surface area contributed by atoms with Gasteiger partial charge in [-0.2, -0.15) is 0 Å². The Morgan fingerprint density at radius 1 is 0.941 bits per heavy atom. The van der Waals surface area contributed by atoms with E-state index in [1.54, 1.807) is 30.3 Å². The van der Waals surface area contributed by atoms with Gasteiger partial charge >= 0.3 is 6.03 Å². The van der Waals surface area contributed by atoms with Crippen LogP contribution < -0.4 is 10.2 Å². The van der Waals surface area contributed by atoms with Gasteiger partial charge in [0.2, 0.25) is 0 Å². The SMILES string of the molecule is Cc1cccc(Cn2cc(/C=C3/C(=O)NC(=O)N(c4ccc(Br)cc4)C3=O)c3ccccc32)c1. The standard InChI is InChI=1S/C27H20BrN3O3/c1-17-5-4-6-18(13-17)15-30-16-19(22-7-2-3-8-24(22)30)14-23-25(32)29-27(34)31(26(23)33)21-11-9-20(28)10-12-21/h2-14,16H,15H2,1H3,(H,29,32,34)/b23-14-. The molecule has 1 saturated heterocycles. The van der Waals surface area contributed by atoms with Crippen molar-refractivity contribution < 1.29 is 14.4 Å². The lowest BCUT2D eigenvalue weighted by Gasteiger charge is -2.26. The number of rotatable bonds is 4. The number of amides is 4. The predicted molar refractivity (Wildman–Crippen MR) is 135 cm³/mol. The third-order valence-electron chi connectivity index (χ3n) is 5.74. The van der Waals surface area contributed by atoms with Gasteiger partial charge in [-0.15, -0.1) is 0 Å². The smallest absolute Gasteiger partial charge is 0.335 e. The van der Waals surface area contributed by atoms with E-state index in [0.717, 1.165) is 31.4 Å². The first-order valence-electron chi connectivity index (χ1n) is 10.7. The lowest BCUT2D eigenvalue weighted by molar-refractivity contribution is -0.122. The zero-order chi connectivity index (χ0) is 23.8. The highest BCUT2D eigenvalue weighted by molar-refractivity contribution is 9.10. The zero-order valence-electron chi connectivity index (χ0n) is 18.3. The number of aryl methyl sites for hydroxylation is 1. The normalized spacial score (nSPS) is 15.3. The number of anilines is 1. The second-order valence-electron chi connectivity index (χ2n) is 8.15. The fraction of sp³-hybridized carbons (Fsp3) is 0.0741. The number of urea groups is 1. The topological polar surface area (TPSA) is 71.4 Å². The van der Waals surface area contributed by atoms with Crippen molar-refractivity contribution in [3.8, 4) is 0 Å². The number of benzene rings is 3. The molecule has 0 aliphatic carbocycles. The molecule has 2 heterocycles. The van der Waals surface area contributed by atoms with Gasteiger partial charge in [-0.05, 0) is 48.9 Å². The summed E-state index contributed by atoms with van der Waals surface area (Å²) in [5, 5.41) is 3.20. The van der Waals surface area contributed by atoms with Crippen LogP contribution in [0.1, 0.15) is 16.7 Å². The van der Waals surface area contributed by atoms with Gasteiger partial charge in [-0.25, -0.2) is 9.69 Å². The first-order chi connectivity index (χ1) is 16.4. The van der Waals surface area contributed by atoms with E-state index >= 15 is 0 Å². The largest absolute Gasteiger partial charge is 0.342 e. The van der Waals surface area contributed by atoms with E-state index in [0.29, 0.717) is 12.2 Å².